The number of rotatable bonds is 0. The van der Waals surface area contributed by atoms with Gasteiger partial charge in [-0.3, -0.25) is 0 Å². The van der Waals surface area contributed by atoms with Crippen LogP contribution >= 0.6 is 0 Å². The van der Waals surface area contributed by atoms with Crippen molar-refractivity contribution in [1.29, 1.82) is 0 Å². The van der Waals surface area contributed by atoms with Crippen molar-refractivity contribution >= 4 is 0 Å². The molecule has 1 aliphatic rings. The first kappa shape index (κ1) is 9.00. The zero-order valence-electron chi connectivity index (χ0n) is 7.16. The van der Waals surface area contributed by atoms with Crippen molar-refractivity contribution in [2.24, 2.45) is 0 Å². The van der Waals surface area contributed by atoms with Crippen molar-refractivity contribution in [2.75, 3.05) is 0 Å². The van der Waals surface area contributed by atoms with Gasteiger partial charge in [-0.25, -0.2) is 0 Å². The quantitative estimate of drug-likeness (QED) is 0.633. The molecule has 1 aromatic heterocycles. The number of nitrogens with zero attached hydrogens (tertiary/aromatic N) is 1. The van der Waals surface area contributed by atoms with E-state index in [1.807, 2.05) is 12.3 Å². The van der Waals surface area contributed by atoms with Crippen LogP contribution in [-0.2, 0) is 12.8 Å². The van der Waals surface area contributed by atoms with Crippen LogP contribution in [0.3, 0.4) is 0 Å². The molecular weight excluding hydrogens is 174 g/mol. The zero-order chi connectivity index (χ0) is 8.67. The van der Waals surface area contributed by atoms with Crippen LogP contribution in [0.15, 0.2) is 35.0 Å². The molecular formula is C12H13NO. The van der Waals surface area contributed by atoms with Crippen molar-refractivity contribution in [2.45, 2.75) is 20.3 Å². The Morgan fingerprint density at radius 1 is 1.07 bits per heavy atom. The van der Waals surface area contributed by atoms with Gasteiger partial charge in [-0.2, -0.15) is 0 Å². The minimum atomic E-state index is 0. The van der Waals surface area contributed by atoms with Gasteiger partial charge in [0, 0.05) is 11.1 Å². The summed E-state index contributed by atoms with van der Waals surface area (Å²) in [5, 5.41) is 3.83. The molecule has 1 aromatic carbocycles. The van der Waals surface area contributed by atoms with E-state index < -0.39 is 0 Å². The number of aromatic nitrogens is 1. The van der Waals surface area contributed by atoms with E-state index in [1.165, 1.54) is 16.7 Å². The molecule has 0 unspecified atom stereocenters. The zero-order valence-corrected chi connectivity index (χ0v) is 7.16. The number of benzene rings is 1. The summed E-state index contributed by atoms with van der Waals surface area (Å²) >= 11 is 0. The first-order valence-corrected chi connectivity index (χ1v) is 4.47. The number of hydrogen-bond donors (Lipinski definition) is 0. The van der Waals surface area contributed by atoms with Crippen molar-refractivity contribution in [3.05, 3.63) is 41.6 Å². The maximum Gasteiger partial charge on any atom is 0.170 e. The van der Waals surface area contributed by atoms with Crippen LogP contribution in [0.25, 0.3) is 11.3 Å². The van der Waals surface area contributed by atoms with Crippen molar-refractivity contribution in [3.8, 4) is 11.3 Å². The molecule has 14 heavy (non-hydrogen) atoms. The van der Waals surface area contributed by atoms with Gasteiger partial charge in [0.2, 0.25) is 0 Å². The summed E-state index contributed by atoms with van der Waals surface area (Å²) in [5.74, 6) is 0.960. The molecule has 2 aromatic rings. The summed E-state index contributed by atoms with van der Waals surface area (Å²) < 4.78 is 5.23. The van der Waals surface area contributed by atoms with Crippen LogP contribution in [0.2, 0.25) is 0 Å². The monoisotopic (exact) mass is 187 g/mol. The SMILES string of the molecule is C.c1ccc2c(c1)CCc1cnoc1-2. The minimum Gasteiger partial charge on any atom is -0.356 e. The average Bonchev–Trinajstić information content (AvgIpc) is 2.65. The maximum absolute atomic E-state index is 5.23. The molecule has 0 spiro atoms. The first-order valence-electron chi connectivity index (χ1n) is 4.47. The van der Waals surface area contributed by atoms with E-state index in [-0.39, 0.29) is 7.43 Å². The Morgan fingerprint density at radius 3 is 2.79 bits per heavy atom. The lowest BCUT2D eigenvalue weighted by Gasteiger charge is -2.12. The third-order valence-electron chi connectivity index (χ3n) is 2.57. The molecule has 0 atom stereocenters. The smallest absolute Gasteiger partial charge is 0.170 e. The maximum atomic E-state index is 5.23. The van der Waals surface area contributed by atoms with E-state index in [2.05, 4.69) is 23.4 Å². The van der Waals surface area contributed by atoms with Gasteiger partial charge in [0.25, 0.3) is 0 Å². The van der Waals surface area contributed by atoms with Crippen molar-refractivity contribution < 1.29 is 4.52 Å². The number of fused-ring (bicyclic) bond motifs is 3. The fourth-order valence-electron chi connectivity index (χ4n) is 1.89. The standard InChI is InChI=1S/C11H9NO.CH4/c1-2-4-10-8(3-1)5-6-9-7-12-13-11(9)10;/h1-4,7H,5-6H2;1H4. The fraction of sp³-hybridized carbons (Fsp3) is 0.250. The van der Waals surface area contributed by atoms with E-state index in [1.54, 1.807) is 0 Å². The highest BCUT2D eigenvalue weighted by Gasteiger charge is 2.18. The molecule has 2 heteroatoms. The van der Waals surface area contributed by atoms with Crippen LogP contribution in [0.5, 0.6) is 0 Å². The topological polar surface area (TPSA) is 26.0 Å². The van der Waals surface area contributed by atoms with Gasteiger partial charge in [-0.15, -0.1) is 0 Å². The van der Waals surface area contributed by atoms with Gasteiger partial charge in [0.1, 0.15) is 0 Å². The third-order valence-corrected chi connectivity index (χ3v) is 2.57. The Bertz CT molecular complexity index is 445. The van der Waals surface area contributed by atoms with E-state index in [0.717, 1.165) is 18.6 Å². The first-order chi connectivity index (χ1) is 6.45. The molecule has 0 radical (unpaired) electrons. The van der Waals surface area contributed by atoms with E-state index >= 15 is 0 Å². The summed E-state index contributed by atoms with van der Waals surface area (Å²) in [5.41, 5.74) is 3.81. The van der Waals surface area contributed by atoms with Crippen LogP contribution < -0.4 is 0 Å². The molecule has 72 valence electrons. The highest BCUT2D eigenvalue weighted by atomic mass is 16.5. The molecule has 0 aliphatic heterocycles. The van der Waals surface area contributed by atoms with Gasteiger partial charge in [-0.1, -0.05) is 36.8 Å². The summed E-state index contributed by atoms with van der Waals surface area (Å²) in [7, 11) is 0. The van der Waals surface area contributed by atoms with E-state index in [9.17, 15) is 0 Å². The van der Waals surface area contributed by atoms with Crippen LogP contribution in [0, 0.1) is 0 Å². The molecule has 1 heterocycles. The number of aryl methyl sites for hydroxylation is 2. The van der Waals surface area contributed by atoms with Gasteiger partial charge >= 0.3 is 0 Å². The second-order valence-electron chi connectivity index (χ2n) is 3.34. The second kappa shape index (κ2) is 3.29. The van der Waals surface area contributed by atoms with Gasteiger partial charge in [0.05, 0.1) is 6.20 Å². The van der Waals surface area contributed by atoms with Crippen molar-refractivity contribution in [1.82, 2.24) is 5.16 Å². The van der Waals surface area contributed by atoms with Gasteiger partial charge in [-0.05, 0) is 18.4 Å². The Kier molecular flexibility index (Phi) is 2.12. The Morgan fingerprint density at radius 2 is 1.86 bits per heavy atom. The van der Waals surface area contributed by atoms with Crippen LogP contribution in [0.1, 0.15) is 18.6 Å². The lowest BCUT2D eigenvalue weighted by molar-refractivity contribution is 0.430. The predicted molar refractivity (Wildman–Crippen MR) is 56.1 cm³/mol. The molecule has 3 rings (SSSR count). The second-order valence-corrected chi connectivity index (χ2v) is 3.34. The van der Waals surface area contributed by atoms with Crippen LogP contribution in [-0.4, -0.2) is 5.16 Å². The Labute approximate surface area is 83.5 Å². The highest BCUT2D eigenvalue weighted by Crippen LogP contribution is 2.32. The highest BCUT2D eigenvalue weighted by molar-refractivity contribution is 5.67. The summed E-state index contributed by atoms with van der Waals surface area (Å²) in [6, 6.07) is 8.36. The summed E-state index contributed by atoms with van der Waals surface area (Å²) in [4.78, 5) is 0. The fourth-order valence-corrected chi connectivity index (χ4v) is 1.89. The predicted octanol–water partition coefficient (Wildman–Crippen LogP) is 3.08. The number of hydrogen-bond acceptors (Lipinski definition) is 2. The molecule has 0 N–H and O–H groups in total. The minimum absolute atomic E-state index is 0. The molecule has 0 saturated heterocycles. The lowest BCUT2D eigenvalue weighted by Crippen LogP contribution is -2.00. The molecule has 0 bridgehead atoms. The average molecular weight is 187 g/mol. The van der Waals surface area contributed by atoms with E-state index in [0.29, 0.717) is 0 Å². The van der Waals surface area contributed by atoms with E-state index in [4.69, 9.17) is 4.52 Å². The lowest BCUT2D eigenvalue weighted by atomic mass is 9.91. The molecule has 1 aliphatic carbocycles. The van der Waals surface area contributed by atoms with Gasteiger partial charge in [0.15, 0.2) is 5.76 Å². The molecule has 2 nitrogen and oxygen atoms in total. The normalized spacial score (nSPS) is 12.6. The summed E-state index contributed by atoms with van der Waals surface area (Å²) in [6.45, 7) is 0. The Hall–Kier alpha value is -1.57. The Balaban J connectivity index is 0.000000750. The largest absolute Gasteiger partial charge is 0.356 e. The molecule has 0 amide bonds. The van der Waals surface area contributed by atoms with Gasteiger partial charge < -0.3 is 4.52 Å². The third kappa shape index (κ3) is 1.15. The molecule has 0 saturated carbocycles. The molecule has 0 fully saturated rings. The summed E-state index contributed by atoms with van der Waals surface area (Å²) in [6.07, 6.45) is 3.98. The van der Waals surface area contributed by atoms with Crippen LogP contribution in [0.4, 0.5) is 0 Å². The van der Waals surface area contributed by atoms with Crippen molar-refractivity contribution in [3.63, 3.8) is 0 Å².